The van der Waals surface area contributed by atoms with Crippen LogP contribution in [0, 0.1) is 0 Å². The summed E-state index contributed by atoms with van der Waals surface area (Å²) in [4.78, 5) is 14.9. The Morgan fingerprint density at radius 3 is 2.70 bits per heavy atom. The molecule has 1 aromatic carbocycles. The Morgan fingerprint density at radius 2 is 2.04 bits per heavy atom. The van der Waals surface area contributed by atoms with Gasteiger partial charge in [-0.3, -0.25) is 4.79 Å². The van der Waals surface area contributed by atoms with Crippen LogP contribution in [0.5, 0.6) is 0 Å². The van der Waals surface area contributed by atoms with E-state index in [0.29, 0.717) is 11.6 Å². The molecule has 0 unspecified atom stereocenters. The Balaban J connectivity index is 0.00000264. The molecule has 4 nitrogen and oxygen atoms in total. The van der Waals surface area contributed by atoms with Crippen molar-refractivity contribution >= 4 is 29.9 Å². The van der Waals surface area contributed by atoms with E-state index in [1.165, 1.54) is 0 Å². The summed E-state index contributed by atoms with van der Waals surface area (Å²) in [6.07, 6.45) is 0.983. The molecule has 0 aliphatic carbocycles. The van der Waals surface area contributed by atoms with E-state index in [1.807, 2.05) is 38.1 Å². The van der Waals surface area contributed by atoms with Gasteiger partial charge in [0.1, 0.15) is 0 Å². The molecular formula is C17H27Cl2N3O. The topological polar surface area (TPSA) is 44.4 Å². The van der Waals surface area contributed by atoms with Gasteiger partial charge in [0, 0.05) is 37.7 Å². The van der Waals surface area contributed by atoms with Crippen molar-refractivity contribution in [2.45, 2.75) is 25.7 Å². The summed E-state index contributed by atoms with van der Waals surface area (Å²) in [6.45, 7) is 9.95. The molecule has 6 heteroatoms. The van der Waals surface area contributed by atoms with Crippen molar-refractivity contribution in [2.24, 2.45) is 0 Å². The van der Waals surface area contributed by atoms with Crippen LogP contribution in [0.2, 0.25) is 5.02 Å². The van der Waals surface area contributed by atoms with Crippen LogP contribution in [-0.4, -0.2) is 50.1 Å². The van der Waals surface area contributed by atoms with Crippen molar-refractivity contribution in [3.8, 4) is 0 Å². The molecule has 23 heavy (non-hydrogen) atoms. The highest BCUT2D eigenvalue weighted by atomic mass is 35.5. The van der Waals surface area contributed by atoms with E-state index in [-0.39, 0.29) is 18.3 Å². The smallest absolute Gasteiger partial charge is 0.230 e. The minimum Gasteiger partial charge on any atom is -0.355 e. The second kappa shape index (κ2) is 9.48. The molecule has 0 bridgehead atoms. The van der Waals surface area contributed by atoms with Crippen molar-refractivity contribution < 1.29 is 4.79 Å². The zero-order chi connectivity index (χ0) is 16.0. The third-order valence-corrected chi connectivity index (χ3v) is 4.50. The number of nitrogens with zero attached hydrogens (tertiary/aromatic N) is 1. The summed E-state index contributed by atoms with van der Waals surface area (Å²) >= 11 is 6.03. The number of halogens is 2. The summed E-state index contributed by atoms with van der Waals surface area (Å²) in [6, 6.07) is 7.53. The molecule has 1 aromatic rings. The Hall–Kier alpha value is -0.810. The average molecular weight is 360 g/mol. The van der Waals surface area contributed by atoms with E-state index in [9.17, 15) is 4.79 Å². The van der Waals surface area contributed by atoms with Crippen LogP contribution in [0.15, 0.2) is 24.3 Å². The van der Waals surface area contributed by atoms with Gasteiger partial charge in [-0.05, 0) is 44.5 Å². The zero-order valence-corrected chi connectivity index (χ0v) is 15.5. The van der Waals surface area contributed by atoms with Crippen molar-refractivity contribution in [2.75, 3.05) is 39.3 Å². The van der Waals surface area contributed by atoms with E-state index in [0.717, 1.165) is 44.7 Å². The van der Waals surface area contributed by atoms with Crippen LogP contribution < -0.4 is 10.6 Å². The van der Waals surface area contributed by atoms with E-state index in [2.05, 4.69) is 15.5 Å². The van der Waals surface area contributed by atoms with Gasteiger partial charge in [-0.15, -0.1) is 12.4 Å². The number of piperazine rings is 1. The number of carbonyl (C=O) groups excluding carboxylic acids is 1. The summed E-state index contributed by atoms with van der Waals surface area (Å²) in [5, 5.41) is 7.06. The third kappa shape index (κ3) is 5.96. The largest absolute Gasteiger partial charge is 0.355 e. The number of hydrogen-bond acceptors (Lipinski definition) is 3. The minimum absolute atomic E-state index is 0. The highest BCUT2D eigenvalue weighted by molar-refractivity contribution is 6.30. The monoisotopic (exact) mass is 359 g/mol. The van der Waals surface area contributed by atoms with Crippen LogP contribution in [0.4, 0.5) is 0 Å². The molecule has 0 atom stereocenters. The van der Waals surface area contributed by atoms with Gasteiger partial charge in [0.15, 0.2) is 0 Å². The molecule has 1 saturated heterocycles. The zero-order valence-electron chi connectivity index (χ0n) is 13.9. The molecule has 1 fully saturated rings. The van der Waals surface area contributed by atoms with Gasteiger partial charge in [-0.2, -0.15) is 0 Å². The highest BCUT2D eigenvalue weighted by Gasteiger charge is 2.29. The lowest BCUT2D eigenvalue weighted by Crippen LogP contribution is -2.45. The Labute approximate surface area is 150 Å². The standard InChI is InChI=1S/C17H26ClN3O.ClH/c1-17(2,14-5-3-6-15(18)13-14)16(22)20-7-4-10-21-11-8-19-9-12-21;/h3,5-6,13,19H,4,7-12H2,1-2H3,(H,20,22);1H. The maximum Gasteiger partial charge on any atom is 0.230 e. The second-order valence-electron chi connectivity index (χ2n) is 6.34. The van der Waals surface area contributed by atoms with Crippen molar-refractivity contribution in [3.63, 3.8) is 0 Å². The van der Waals surface area contributed by atoms with Gasteiger partial charge < -0.3 is 15.5 Å². The normalized spacial score (nSPS) is 15.8. The lowest BCUT2D eigenvalue weighted by atomic mass is 9.84. The van der Waals surface area contributed by atoms with E-state index >= 15 is 0 Å². The van der Waals surface area contributed by atoms with Crippen LogP contribution in [-0.2, 0) is 10.2 Å². The van der Waals surface area contributed by atoms with E-state index in [1.54, 1.807) is 0 Å². The molecule has 1 heterocycles. The number of rotatable bonds is 6. The lowest BCUT2D eigenvalue weighted by Gasteiger charge is -2.28. The minimum atomic E-state index is -0.569. The fourth-order valence-electron chi connectivity index (χ4n) is 2.67. The first-order chi connectivity index (χ1) is 10.5. The first-order valence-electron chi connectivity index (χ1n) is 7.97. The number of benzene rings is 1. The van der Waals surface area contributed by atoms with Crippen molar-refractivity contribution in [3.05, 3.63) is 34.9 Å². The van der Waals surface area contributed by atoms with Crippen LogP contribution >= 0.6 is 24.0 Å². The van der Waals surface area contributed by atoms with Gasteiger partial charge in [0.25, 0.3) is 0 Å². The van der Waals surface area contributed by atoms with Gasteiger partial charge in [0.05, 0.1) is 5.41 Å². The molecule has 2 N–H and O–H groups in total. The fourth-order valence-corrected chi connectivity index (χ4v) is 2.86. The SMILES string of the molecule is CC(C)(C(=O)NCCCN1CCNCC1)c1cccc(Cl)c1.Cl. The molecule has 1 aliphatic rings. The van der Waals surface area contributed by atoms with Gasteiger partial charge in [-0.25, -0.2) is 0 Å². The highest BCUT2D eigenvalue weighted by Crippen LogP contribution is 2.25. The van der Waals surface area contributed by atoms with Gasteiger partial charge >= 0.3 is 0 Å². The summed E-state index contributed by atoms with van der Waals surface area (Å²) in [5.74, 6) is 0.0510. The second-order valence-corrected chi connectivity index (χ2v) is 6.77. The Bertz CT molecular complexity index is 502. The molecule has 130 valence electrons. The number of hydrogen-bond donors (Lipinski definition) is 2. The predicted octanol–water partition coefficient (Wildman–Crippen LogP) is 2.45. The summed E-state index contributed by atoms with van der Waals surface area (Å²) in [7, 11) is 0. The predicted molar refractivity (Wildman–Crippen MR) is 98.7 cm³/mol. The first-order valence-corrected chi connectivity index (χ1v) is 8.35. The maximum absolute atomic E-state index is 12.4. The first kappa shape index (κ1) is 20.2. The van der Waals surface area contributed by atoms with E-state index in [4.69, 9.17) is 11.6 Å². The number of amides is 1. The summed E-state index contributed by atoms with van der Waals surface area (Å²) < 4.78 is 0. The fraction of sp³-hybridized carbons (Fsp3) is 0.588. The molecule has 0 spiro atoms. The average Bonchev–Trinajstić information content (AvgIpc) is 2.52. The molecule has 2 rings (SSSR count). The lowest BCUT2D eigenvalue weighted by molar-refractivity contribution is -0.125. The van der Waals surface area contributed by atoms with Gasteiger partial charge in [0.2, 0.25) is 5.91 Å². The van der Waals surface area contributed by atoms with Gasteiger partial charge in [-0.1, -0.05) is 23.7 Å². The molecule has 1 amide bonds. The molecule has 0 aromatic heterocycles. The molecular weight excluding hydrogens is 333 g/mol. The van der Waals surface area contributed by atoms with Crippen molar-refractivity contribution in [1.29, 1.82) is 0 Å². The van der Waals surface area contributed by atoms with Crippen LogP contribution in [0.1, 0.15) is 25.8 Å². The molecule has 1 aliphatic heterocycles. The quantitative estimate of drug-likeness (QED) is 0.766. The van der Waals surface area contributed by atoms with Crippen molar-refractivity contribution in [1.82, 2.24) is 15.5 Å². The number of carbonyl (C=O) groups is 1. The van der Waals surface area contributed by atoms with E-state index < -0.39 is 5.41 Å². The maximum atomic E-state index is 12.4. The summed E-state index contributed by atoms with van der Waals surface area (Å²) in [5.41, 5.74) is 0.375. The molecule has 0 saturated carbocycles. The Kier molecular flexibility index (Phi) is 8.34. The number of nitrogens with one attached hydrogen (secondary N) is 2. The van der Waals surface area contributed by atoms with Crippen LogP contribution in [0.3, 0.4) is 0 Å². The third-order valence-electron chi connectivity index (χ3n) is 4.26. The van der Waals surface area contributed by atoms with Crippen LogP contribution in [0.25, 0.3) is 0 Å². The molecule has 0 radical (unpaired) electrons. The Morgan fingerprint density at radius 1 is 1.35 bits per heavy atom.